The maximum Gasteiger partial charge on any atom is 0.251 e. The summed E-state index contributed by atoms with van der Waals surface area (Å²) < 4.78 is 5.43. The van der Waals surface area contributed by atoms with E-state index in [-0.39, 0.29) is 17.8 Å². The number of amides is 1. The number of hydrogen-bond acceptors (Lipinski definition) is 4. The first-order valence-electron chi connectivity index (χ1n) is 6.18. The van der Waals surface area contributed by atoms with Crippen molar-refractivity contribution in [2.24, 2.45) is 10.9 Å². The largest absolute Gasteiger partial charge is 0.409 e. The molecular formula is C13H17N3O3. The van der Waals surface area contributed by atoms with E-state index >= 15 is 0 Å². The topological polar surface area (TPSA) is 96.9 Å². The number of carbonyl (C=O) groups is 1. The molecule has 2 rings (SSSR count). The molecule has 1 saturated heterocycles. The van der Waals surface area contributed by atoms with Crippen LogP contribution >= 0.6 is 0 Å². The number of nitrogens with one attached hydrogen (secondary N) is 1. The highest BCUT2D eigenvalue weighted by molar-refractivity contribution is 6.01. The molecule has 0 saturated carbocycles. The Morgan fingerprint density at radius 1 is 1.53 bits per heavy atom. The Hall–Kier alpha value is -2.08. The average Bonchev–Trinajstić information content (AvgIpc) is 2.97. The Bertz CT molecular complexity index is 482. The van der Waals surface area contributed by atoms with Crippen LogP contribution in [0.3, 0.4) is 0 Å². The van der Waals surface area contributed by atoms with Gasteiger partial charge in [0.25, 0.3) is 5.91 Å². The first kappa shape index (κ1) is 13.4. The number of nitrogens with two attached hydrogens (primary N) is 1. The number of carbonyl (C=O) groups excluding carboxylic acids is 1. The molecule has 1 amide bonds. The van der Waals surface area contributed by atoms with Crippen molar-refractivity contribution >= 4 is 11.7 Å². The van der Waals surface area contributed by atoms with Crippen LogP contribution in [-0.2, 0) is 4.74 Å². The molecule has 1 aliphatic heterocycles. The van der Waals surface area contributed by atoms with E-state index in [1.165, 1.54) is 0 Å². The van der Waals surface area contributed by atoms with E-state index in [1.54, 1.807) is 24.3 Å². The standard InChI is InChI=1S/C13H17N3O3/c14-12(16-18)9-3-1-4-10(7-9)13(17)15-8-11-5-2-6-19-11/h1,3-4,7,11,18H,2,5-6,8H2,(H2,14,16)(H,15,17). The normalized spacial score (nSPS) is 19.4. The van der Waals surface area contributed by atoms with Gasteiger partial charge < -0.3 is 21.0 Å². The fourth-order valence-electron chi connectivity index (χ4n) is 1.99. The molecule has 1 aromatic rings. The van der Waals surface area contributed by atoms with Crippen LogP contribution in [-0.4, -0.2) is 36.2 Å². The summed E-state index contributed by atoms with van der Waals surface area (Å²) in [6.45, 7) is 1.27. The Balaban J connectivity index is 1.98. The first-order chi connectivity index (χ1) is 9.20. The van der Waals surface area contributed by atoms with E-state index in [0.717, 1.165) is 19.4 Å². The third-order valence-electron chi connectivity index (χ3n) is 3.04. The zero-order valence-electron chi connectivity index (χ0n) is 10.5. The lowest BCUT2D eigenvalue weighted by atomic mass is 10.1. The molecule has 0 aromatic heterocycles. The van der Waals surface area contributed by atoms with Crippen LogP contribution in [0.25, 0.3) is 0 Å². The lowest BCUT2D eigenvalue weighted by molar-refractivity contribution is 0.0858. The quantitative estimate of drug-likeness (QED) is 0.322. The van der Waals surface area contributed by atoms with Gasteiger partial charge in [0, 0.05) is 24.3 Å². The number of oxime groups is 1. The highest BCUT2D eigenvalue weighted by Crippen LogP contribution is 2.11. The van der Waals surface area contributed by atoms with Gasteiger partial charge in [-0.1, -0.05) is 17.3 Å². The van der Waals surface area contributed by atoms with Gasteiger partial charge in [-0.2, -0.15) is 0 Å². The van der Waals surface area contributed by atoms with Crippen molar-refractivity contribution in [3.63, 3.8) is 0 Å². The molecule has 1 fully saturated rings. The first-order valence-corrected chi connectivity index (χ1v) is 6.18. The van der Waals surface area contributed by atoms with Crippen LogP contribution in [0, 0.1) is 0 Å². The van der Waals surface area contributed by atoms with Gasteiger partial charge in [-0.25, -0.2) is 0 Å². The Morgan fingerprint density at radius 2 is 2.32 bits per heavy atom. The molecule has 102 valence electrons. The second-order valence-electron chi connectivity index (χ2n) is 4.41. The summed E-state index contributed by atoms with van der Waals surface area (Å²) >= 11 is 0. The molecule has 6 nitrogen and oxygen atoms in total. The SMILES string of the molecule is N/C(=N\O)c1cccc(C(=O)NCC2CCCO2)c1. The van der Waals surface area contributed by atoms with E-state index in [9.17, 15) is 4.79 Å². The number of nitrogens with zero attached hydrogens (tertiary/aromatic N) is 1. The zero-order chi connectivity index (χ0) is 13.7. The second-order valence-corrected chi connectivity index (χ2v) is 4.41. The highest BCUT2D eigenvalue weighted by Gasteiger charge is 2.16. The second kappa shape index (κ2) is 6.19. The van der Waals surface area contributed by atoms with Crippen LogP contribution in [0.5, 0.6) is 0 Å². The minimum Gasteiger partial charge on any atom is -0.409 e. The maximum atomic E-state index is 12.0. The van der Waals surface area contributed by atoms with Crippen LogP contribution in [0.2, 0.25) is 0 Å². The van der Waals surface area contributed by atoms with Crippen LogP contribution in [0.4, 0.5) is 0 Å². The zero-order valence-corrected chi connectivity index (χ0v) is 10.5. The molecule has 19 heavy (non-hydrogen) atoms. The molecule has 1 aliphatic rings. The maximum absolute atomic E-state index is 12.0. The summed E-state index contributed by atoms with van der Waals surface area (Å²) in [5.41, 5.74) is 6.47. The minimum atomic E-state index is -0.192. The predicted molar refractivity (Wildman–Crippen MR) is 70.3 cm³/mol. The highest BCUT2D eigenvalue weighted by atomic mass is 16.5. The summed E-state index contributed by atoms with van der Waals surface area (Å²) in [7, 11) is 0. The predicted octanol–water partition coefficient (Wildman–Crippen LogP) is 0.690. The molecule has 0 bridgehead atoms. The Morgan fingerprint density at radius 3 is 3.00 bits per heavy atom. The van der Waals surface area contributed by atoms with Gasteiger partial charge >= 0.3 is 0 Å². The van der Waals surface area contributed by atoms with Crippen molar-refractivity contribution in [3.8, 4) is 0 Å². The summed E-state index contributed by atoms with van der Waals surface area (Å²) in [4.78, 5) is 12.0. The molecule has 4 N–H and O–H groups in total. The average molecular weight is 263 g/mol. The van der Waals surface area contributed by atoms with E-state index < -0.39 is 0 Å². The smallest absolute Gasteiger partial charge is 0.251 e. The third kappa shape index (κ3) is 3.45. The van der Waals surface area contributed by atoms with Crippen molar-refractivity contribution < 1.29 is 14.7 Å². The summed E-state index contributed by atoms with van der Waals surface area (Å²) in [5, 5.41) is 14.3. The third-order valence-corrected chi connectivity index (χ3v) is 3.04. The molecule has 0 aliphatic carbocycles. The molecule has 0 radical (unpaired) electrons. The van der Waals surface area contributed by atoms with Gasteiger partial charge in [0.05, 0.1) is 6.10 Å². The minimum absolute atomic E-state index is 0.0197. The lowest BCUT2D eigenvalue weighted by Gasteiger charge is -2.11. The van der Waals surface area contributed by atoms with Gasteiger partial charge in [-0.05, 0) is 25.0 Å². The van der Waals surface area contributed by atoms with Crippen molar-refractivity contribution in [2.75, 3.05) is 13.2 Å². The number of hydrogen-bond donors (Lipinski definition) is 3. The molecule has 1 unspecified atom stereocenters. The van der Waals surface area contributed by atoms with Crippen LogP contribution < -0.4 is 11.1 Å². The number of amidine groups is 1. The molecule has 6 heteroatoms. The van der Waals surface area contributed by atoms with Crippen molar-refractivity contribution in [3.05, 3.63) is 35.4 Å². The molecular weight excluding hydrogens is 246 g/mol. The lowest BCUT2D eigenvalue weighted by Crippen LogP contribution is -2.31. The van der Waals surface area contributed by atoms with E-state index in [0.29, 0.717) is 17.7 Å². The number of rotatable bonds is 4. The molecule has 0 spiro atoms. The van der Waals surface area contributed by atoms with Gasteiger partial charge in [0.1, 0.15) is 0 Å². The van der Waals surface area contributed by atoms with E-state index in [2.05, 4.69) is 10.5 Å². The molecule has 1 heterocycles. The van der Waals surface area contributed by atoms with Crippen molar-refractivity contribution in [2.45, 2.75) is 18.9 Å². The van der Waals surface area contributed by atoms with Gasteiger partial charge in [-0.3, -0.25) is 4.79 Å². The van der Waals surface area contributed by atoms with Gasteiger partial charge in [0.2, 0.25) is 0 Å². The summed E-state index contributed by atoms with van der Waals surface area (Å²) in [5.74, 6) is -0.211. The summed E-state index contributed by atoms with van der Waals surface area (Å²) in [6, 6.07) is 6.62. The van der Waals surface area contributed by atoms with E-state index in [1.807, 2.05) is 0 Å². The number of ether oxygens (including phenoxy) is 1. The fourth-order valence-corrected chi connectivity index (χ4v) is 1.99. The van der Waals surface area contributed by atoms with Gasteiger partial charge in [0.15, 0.2) is 5.84 Å². The monoisotopic (exact) mass is 263 g/mol. The van der Waals surface area contributed by atoms with Gasteiger partial charge in [-0.15, -0.1) is 0 Å². The summed E-state index contributed by atoms with van der Waals surface area (Å²) in [6.07, 6.45) is 2.13. The Labute approximate surface area is 111 Å². The number of benzene rings is 1. The molecule has 1 atom stereocenters. The Kier molecular flexibility index (Phi) is 4.35. The van der Waals surface area contributed by atoms with Crippen molar-refractivity contribution in [1.82, 2.24) is 5.32 Å². The van der Waals surface area contributed by atoms with E-state index in [4.69, 9.17) is 15.7 Å². The van der Waals surface area contributed by atoms with Crippen LogP contribution in [0.1, 0.15) is 28.8 Å². The van der Waals surface area contributed by atoms with Crippen molar-refractivity contribution in [1.29, 1.82) is 0 Å². The van der Waals surface area contributed by atoms with Crippen LogP contribution in [0.15, 0.2) is 29.4 Å². The molecule has 1 aromatic carbocycles. The fraction of sp³-hybridized carbons (Fsp3) is 0.385.